The summed E-state index contributed by atoms with van der Waals surface area (Å²) in [4.78, 5) is 15.9. The maximum absolute atomic E-state index is 13.7. The van der Waals surface area contributed by atoms with E-state index in [-0.39, 0.29) is 17.7 Å². The van der Waals surface area contributed by atoms with Crippen LogP contribution in [0.2, 0.25) is 0 Å². The van der Waals surface area contributed by atoms with Crippen molar-refractivity contribution in [3.63, 3.8) is 0 Å². The number of hydrogen-bond acceptors (Lipinski definition) is 4. The van der Waals surface area contributed by atoms with Crippen LogP contribution in [0.25, 0.3) is 0 Å². The number of methoxy groups -OCH3 is 1. The van der Waals surface area contributed by atoms with E-state index >= 15 is 0 Å². The zero-order chi connectivity index (χ0) is 15.4. The third-order valence-electron chi connectivity index (χ3n) is 3.25. The summed E-state index contributed by atoms with van der Waals surface area (Å²) in [5.41, 5.74) is 0.660. The fourth-order valence-corrected chi connectivity index (χ4v) is 1.91. The van der Waals surface area contributed by atoms with Crippen molar-refractivity contribution in [3.8, 4) is 5.75 Å². The van der Waals surface area contributed by atoms with Gasteiger partial charge in [0.1, 0.15) is 18.7 Å². The molecule has 1 amide bonds. The van der Waals surface area contributed by atoms with Gasteiger partial charge in [0.05, 0.1) is 13.2 Å². The van der Waals surface area contributed by atoms with Gasteiger partial charge in [-0.3, -0.25) is 4.79 Å². The molecule has 6 nitrogen and oxygen atoms in total. The molecular formula is C14H17FN4O2. The lowest BCUT2D eigenvalue weighted by atomic mass is 10.1. The monoisotopic (exact) mass is 292 g/mol. The number of halogens is 1. The minimum absolute atomic E-state index is 0.174. The summed E-state index contributed by atoms with van der Waals surface area (Å²) >= 11 is 0. The minimum atomic E-state index is -0.488. The lowest BCUT2D eigenvalue weighted by molar-refractivity contribution is -0.124. The molecule has 2 rings (SSSR count). The minimum Gasteiger partial charge on any atom is -0.494 e. The van der Waals surface area contributed by atoms with Crippen molar-refractivity contribution in [1.82, 2.24) is 20.1 Å². The van der Waals surface area contributed by atoms with Crippen LogP contribution < -0.4 is 10.1 Å². The third-order valence-corrected chi connectivity index (χ3v) is 3.25. The van der Waals surface area contributed by atoms with Gasteiger partial charge in [0, 0.05) is 0 Å². The Morgan fingerprint density at radius 1 is 1.43 bits per heavy atom. The smallest absolute Gasteiger partial charge is 0.245 e. The van der Waals surface area contributed by atoms with Gasteiger partial charge in [0.2, 0.25) is 5.91 Å². The second-order valence-electron chi connectivity index (χ2n) is 4.68. The molecule has 0 saturated carbocycles. The fraction of sp³-hybridized carbons (Fsp3) is 0.357. The van der Waals surface area contributed by atoms with Crippen LogP contribution in [0, 0.1) is 5.82 Å². The molecule has 112 valence electrons. The summed E-state index contributed by atoms with van der Waals surface area (Å²) in [5.74, 6) is -0.502. The van der Waals surface area contributed by atoms with E-state index in [0.717, 1.165) is 0 Å². The number of nitrogens with zero attached hydrogens (tertiary/aromatic N) is 3. The third kappa shape index (κ3) is 3.36. The fourth-order valence-electron chi connectivity index (χ4n) is 1.91. The Labute approximate surface area is 121 Å². The zero-order valence-corrected chi connectivity index (χ0v) is 12.1. The van der Waals surface area contributed by atoms with Gasteiger partial charge in [-0.15, -0.1) is 0 Å². The Hall–Kier alpha value is -2.44. The largest absolute Gasteiger partial charge is 0.494 e. The Bertz CT molecular complexity index is 615. The van der Waals surface area contributed by atoms with Crippen molar-refractivity contribution >= 4 is 5.91 Å². The molecule has 0 bridgehead atoms. The summed E-state index contributed by atoms with van der Waals surface area (Å²) in [5, 5.41) is 6.74. The Balaban J connectivity index is 2.05. The highest BCUT2D eigenvalue weighted by atomic mass is 19.1. The average molecular weight is 292 g/mol. The van der Waals surface area contributed by atoms with E-state index in [1.165, 1.54) is 36.6 Å². The lowest BCUT2D eigenvalue weighted by Gasteiger charge is -2.18. The van der Waals surface area contributed by atoms with Crippen molar-refractivity contribution in [1.29, 1.82) is 0 Å². The summed E-state index contributed by atoms with van der Waals surface area (Å²) in [7, 11) is 1.41. The summed E-state index contributed by atoms with van der Waals surface area (Å²) in [6.45, 7) is 3.50. The van der Waals surface area contributed by atoms with Crippen molar-refractivity contribution in [3.05, 3.63) is 42.2 Å². The Morgan fingerprint density at radius 3 is 2.76 bits per heavy atom. The molecule has 0 radical (unpaired) electrons. The number of aromatic nitrogens is 3. The number of ether oxygens (including phenoxy) is 1. The van der Waals surface area contributed by atoms with Gasteiger partial charge in [-0.2, -0.15) is 5.10 Å². The van der Waals surface area contributed by atoms with Gasteiger partial charge in [0.15, 0.2) is 11.6 Å². The van der Waals surface area contributed by atoms with Crippen molar-refractivity contribution in [2.24, 2.45) is 0 Å². The number of hydrogen-bond donors (Lipinski definition) is 1. The first-order valence-corrected chi connectivity index (χ1v) is 6.51. The van der Waals surface area contributed by atoms with Crippen LogP contribution in [-0.2, 0) is 4.79 Å². The number of amides is 1. The predicted octanol–water partition coefficient (Wildman–Crippen LogP) is 1.86. The normalized spacial score (nSPS) is 13.5. The van der Waals surface area contributed by atoms with Gasteiger partial charge < -0.3 is 10.1 Å². The Kier molecular flexibility index (Phi) is 4.52. The zero-order valence-electron chi connectivity index (χ0n) is 12.1. The van der Waals surface area contributed by atoms with Crippen LogP contribution in [0.3, 0.4) is 0 Å². The SMILES string of the molecule is COc1ccc([C@H](C)NC(=O)[C@H](C)n2cncn2)cc1F. The maximum atomic E-state index is 13.7. The van der Waals surface area contributed by atoms with Crippen molar-refractivity contribution in [2.75, 3.05) is 7.11 Å². The maximum Gasteiger partial charge on any atom is 0.245 e. The molecule has 0 fully saturated rings. The quantitative estimate of drug-likeness (QED) is 0.913. The molecule has 2 atom stereocenters. The van der Waals surface area contributed by atoms with E-state index in [2.05, 4.69) is 15.4 Å². The molecule has 0 saturated heterocycles. The first kappa shape index (κ1) is 15.0. The molecule has 7 heteroatoms. The predicted molar refractivity (Wildman–Crippen MR) is 74.2 cm³/mol. The summed E-state index contributed by atoms with van der Waals surface area (Å²) in [6, 6.07) is 3.78. The van der Waals surface area contributed by atoms with Crippen LogP contribution in [0.15, 0.2) is 30.9 Å². The molecule has 0 aliphatic heterocycles. The van der Waals surface area contributed by atoms with Crippen molar-refractivity contribution in [2.45, 2.75) is 25.9 Å². The highest BCUT2D eigenvalue weighted by Crippen LogP contribution is 2.22. The van der Waals surface area contributed by atoms with Crippen LogP contribution in [0.5, 0.6) is 5.75 Å². The van der Waals surface area contributed by atoms with E-state index in [1.54, 1.807) is 19.9 Å². The molecule has 1 heterocycles. The first-order chi connectivity index (χ1) is 10.0. The number of benzene rings is 1. The molecule has 21 heavy (non-hydrogen) atoms. The number of carbonyl (C=O) groups is 1. The lowest BCUT2D eigenvalue weighted by Crippen LogP contribution is -2.33. The summed E-state index contributed by atoms with van der Waals surface area (Å²) < 4.78 is 20.0. The van der Waals surface area contributed by atoms with E-state index in [4.69, 9.17) is 4.74 Å². The topological polar surface area (TPSA) is 69.0 Å². The van der Waals surface area contributed by atoms with Gasteiger partial charge in [-0.05, 0) is 31.5 Å². The van der Waals surface area contributed by atoms with Crippen LogP contribution in [0.1, 0.15) is 31.5 Å². The highest BCUT2D eigenvalue weighted by Gasteiger charge is 2.18. The van der Waals surface area contributed by atoms with Crippen LogP contribution in [0.4, 0.5) is 4.39 Å². The highest BCUT2D eigenvalue weighted by molar-refractivity contribution is 5.80. The standard InChI is InChI=1S/C14H17FN4O2/c1-9(11-4-5-13(21-3)12(15)6-11)18-14(20)10(2)19-8-16-7-17-19/h4-10H,1-3H3,(H,18,20)/t9-,10-/m0/s1. The van der Waals surface area contributed by atoms with E-state index in [1.807, 2.05) is 0 Å². The van der Waals surface area contributed by atoms with Gasteiger partial charge in [-0.1, -0.05) is 6.07 Å². The molecule has 0 aliphatic rings. The average Bonchev–Trinajstić information content (AvgIpc) is 3.00. The van der Waals surface area contributed by atoms with Crippen LogP contribution in [-0.4, -0.2) is 27.8 Å². The van der Waals surface area contributed by atoms with Crippen LogP contribution >= 0.6 is 0 Å². The van der Waals surface area contributed by atoms with Gasteiger partial charge >= 0.3 is 0 Å². The molecule has 0 aliphatic carbocycles. The second kappa shape index (κ2) is 6.34. The molecule has 1 aromatic carbocycles. The van der Waals surface area contributed by atoms with E-state index in [9.17, 15) is 9.18 Å². The molecule has 0 spiro atoms. The van der Waals surface area contributed by atoms with Crippen molar-refractivity contribution < 1.29 is 13.9 Å². The molecule has 1 aromatic heterocycles. The number of rotatable bonds is 5. The molecule has 1 N–H and O–H groups in total. The van der Waals surface area contributed by atoms with Gasteiger partial charge in [-0.25, -0.2) is 14.1 Å². The second-order valence-corrected chi connectivity index (χ2v) is 4.68. The Morgan fingerprint density at radius 2 is 2.19 bits per heavy atom. The molecular weight excluding hydrogens is 275 g/mol. The van der Waals surface area contributed by atoms with E-state index < -0.39 is 11.9 Å². The van der Waals surface area contributed by atoms with E-state index in [0.29, 0.717) is 5.56 Å². The molecule has 2 aromatic rings. The number of carbonyl (C=O) groups excluding carboxylic acids is 1. The summed E-state index contributed by atoms with van der Waals surface area (Å²) in [6.07, 6.45) is 2.84. The molecule has 0 unspecified atom stereocenters. The van der Waals surface area contributed by atoms with Gasteiger partial charge in [0.25, 0.3) is 0 Å². The first-order valence-electron chi connectivity index (χ1n) is 6.51. The number of nitrogens with one attached hydrogen (secondary N) is 1.